The first-order valence-corrected chi connectivity index (χ1v) is 7.10. The fraction of sp³-hybridized carbons (Fsp3) is 0.667. The highest BCUT2D eigenvalue weighted by atomic mass is 15.2. The lowest BCUT2D eigenvalue weighted by Gasteiger charge is -2.36. The molecule has 2 aliphatic heterocycles. The van der Waals surface area contributed by atoms with Crippen molar-refractivity contribution in [3.05, 3.63) is 29.6 Å². The lowest BCUT2D eigenvalue weighted by atomic mass is 9.98. The molecule has 0 spiro atoms. The predicted molar refractivity (Wildman–Crippen MR) is 73.4 cm³/mol. The smallest absolute Gasteiger partial charge is 0.0544 e. The van der Waals surface area contributed by atoms with E-state index in [9.17, 15) is 0 Å². The van der Waals surface area contributed by atoms with E-state index in [0.29, 0.717) is 6.04 Å². The van der Waals surface area contributed by atoms with E-state index in [1.807, 2.05) is 0 Å². The summed E-state index contributed by atoms with van der Waals surface area (Å²) in [6.45, 7) is 2.97. The second kappa shape index (κ2) is 4.98. The van der Waals surface area contributed by atoms with Crippen LogP contribution in [0.3, 0.4) is 0 Å². The van der Waals surface area contributed by atoms with Crippen molar-refractivity contribution in [2.45, 2.75) is 57.3 Å². The van der Waals surface area contributed by atoms with Crippen molar-refractivity contribution >= 4 is 0 Å². The minimum absolute atomic E-state index is 0.681. The average molecular weight is 245 g/mol. The zero-order valence-corrected chi connectivity index (χ0v) is 11.4. The molecule has 0 radical (unpaired) electrons. The monoisotopic (exact) mass is 245 g/mol. The van der Waals surface area contributed by atoms with Crippen LogP contribution in [0.25, 0.3) is 0 Å². The molecule has 2 fully saturated rings. The molecule has 98 valence electrons. The number of piperidine rings is 1. The van der Waals surface area contributed by atoms with Gasteiger partial charge in [-0.3, -0.25) is 4.98 Å². The molecule has 3 heterocycles. The molecule has 0 aliphatic carbocycles. The summed E-state index contributed by atoms with van der Waals surface area (Å²) in [4.78, 5) is 7.14. The number of fused-ring (bicyclic) bond motifs is 2. The highest BCUT2D eigenvalue weighted by Gasteiger charge is 2.37. The summed E-state index contributed by atoms with van der Waals surface area (Å²) in [5.74, 6) is 0. The van der Waals surface area contributed by atoms with Crippen LogP contribution >= 0.6 is 0 Å². The number of nitrogens with one attached hydrogen (secondary N) is 1. The van der Waals surface area contributed by atoms with Gasteiger partial charge in [-0.15, -0.1) is 0 Å². The van der Waals surface area contributed by atoms with Crippen LogP contribution < -0.4 is 5.32 Å². The molecule has 3 heteroatoms. The second-order valence-electron chi connectivity index (χ2n) is 5.87. The molecule has 2 atom stereocenters. The minimum atomic E-state index is 0.681. The van der Waals surface area contributed by atoms with E-state index < -0.39 is 0 Å². The van der Waals surface area contributed by atoms with E-state index in [0.717, 1.165) is 24.3 Å². The lowest BCUT2D eigenvalue weighted by Crippen LogP contribution is -2.47. The highest BCUT2D eigenvalue weighted by molar-refractivity contribution is 5.10. The first-order valence-electron chi connectivity index (χ1n) is 7.10. The summed E-state index contributed by atoms with van der Waals surface area (Å²) in [6, 6.07) is 8.57. The lowest BCUT2D eigenvalue weighted by molar-refractivity contribution is 0.148. The number of rotatable bonds is 3. The molecule has 1 aromatic heterocycles. The molecule has 0 amide bonds. The fourth-order valence-electron chi connectivity index (χ4n) is 3.53. The molecule has 1 N–H and O–H groups in total. The van der Waals surface area contributed by atoms with Gasteiger partial charge in [-0.05, 0) is 51.8 Å². The van der Waals surface area contributed by atoms with Crippen LogP contribution in [0.2, 0.25) is 0 Å². The van der Waals surface area contributed by atoms with Crippen molar-refractivity contribution in [3.8, 4) is 0 Å². The van der Waals surface area contributed by atoms with E-state index in [2.05, 4.69) is 47.4 Å². The number of pyridine rings is 1. The van der Waals surface area contributed by atoms with Gasteiger partial charge in [0.05, 0.1) is 5.69 Å². The summed E-state index contributed by atoms with van der Waals surface area (Å²) in [5.41, 5.74) is 2.28. The standard InChI is InChI=1S/C15H23N3/c1-11-4-3-5-12(17-11)10-16-13-8-14-6-7-15(9-13)18(14)2/h3-5,13-16H,6-10H2,1-2H3. The normalized spacial score (nSPS) is 31.8. The van der Waals surface area contributed by atoms with Crippen LogP contribution in [0.4, 0.5) is 0 Å². The number of aryl methyl sites for hydroxylation is 1. The Morgan fingerprint density at radius 1 is 1.28 bits per heavy atom. The Labute approximate surface area is 110 Å². The Kier molecular flexibility index (Phi) is 3.35. The van der Waals surface area contributed by atoms with Gasteiger partial charge in [0, 0.05) is 30.4 Å². The third kappa shape index (κ3) is 2.43. The number of hydrogen-bond donors (Lipinski definition) is 1. The van der Waals surface area contributed by atoms with Crippen LogP contribution in [0.15, 0.2) is 18.2 Å². The van der Waals surface area contributed by atoms with Crippen LogP contribution in [0, 0.1) is 6.92 Å². The van der Waals surface area contributed by atoms with Crippen molar-refractivity contribution in [1.29, 1.82) is 0 Å². The van der Waals surface area contributed by atoms with E-state index in [1.165, 1.54) is 31.4 Å². The summed E-state index contributed by atoms with van der Waals surface area (Å²) < 4.78 is 0. The molecular formula is C15H23N3. The first kappa shape index (κ1) is 12.1. The van der Waals surface area contributed by atoms with Gasteiger partial charge in [0.1, 0.15) is 0 Å². The Morgan fingerprint density at radius 2 is 2.00 bits per heavy atom. The quantitative estimate of drug-likeness (QED) is 0.884. The van der Waals surface area contributed by atoms with Crippen LogP contribution in [0.1, 0.15) is 37.1 Å². The van der Waals surface area contributed by atoms with Gasteiger partial charge < -0.3 is 10.2 Å². The van der Waals surface area contributed by atoms with E-state index in [4.69, 9.17) is 0 Å². The maximum absolute atomic E-state index is 4.55. The van der Waals surface area contributed by atoms with Gasteiger partial charge in [0.15, 0.2) is 0 Å². The third-order valence-corrected chi connectivity index (χ3v) is 4.62. The van der Waals surface area contributed by atoms with Crippen LogP contribution in [0.5, 0.6) is 0 Å². The fourth-order valence-corrected chi connectivity index (χ4v) is 3.53. The van der Waals surface area contributed by atoms with Gasteiger partial charge >= 0.3 is 0 Å². The Hall–Kier alpha value is -0.930. The maximum Gasteiger partial charge on any atom is 0.0544 e. The molecular weight excluding hydrogens is 222 g/mol. The van der Waals surface area contributed by atoms with Gasteiger partial charge in [-0.25, -0.2) is 0 Å². The SMILES string of the molecule is Cc1cccc(CNC2CC3CCC(C2)N3C)n1. The topological polar surface area (TPSA) is 28.2 Å². The van der Waals surface area contributed by atoms with Crippen molar-refractivity contribution in [1.82, 2.24) is 15.2 Å². The minimum Gasteiger partial charge on any atom is -0.308 e. The highest BCUT2D eigenvalue weighted by Crippen LogP contribution is 2.34. The van der Waals surface area contributed by atoms with Crippen molar-refractivity contribution < 1.29 is 0 Å². The summed E-state index contributed by atoms with van der Waals surface area (Å²) in [7, 11) is 2.29. The van der Waals surface area contributed by atoms with Gasteiger partial charge in [0.2, 0.25) is 0 Å². The zero-order chi connectivity index (χ0) is 12.5. The molecule has 2 saturated heterocycles. The second-order valence-corrected chi connectivity index (χ2v) is 5.87. The molecule has 1 aromatic rings. The summed E-state index contributed by atoms with van der Waals surface area (Å²) in [6.07, 6.45) is 5.39. The van der Waals surface area contributed by atoms with Gasteiger partial charge in [-0.1, -0.05) is 6.07 Å². The summed E-state index contributed by atoms with van der Waals surface area (Å²) >= 11 is 0. The van der Waals surface area contributed by atoms with Crippen molar-refractivity contribution in [2.75, 3.05) is 7.05 Å². The van der Waals surface area contributed by atoms with Crippen LogP contribution in [-0.4, -0.2) is 35.1 Å². The Balaban J connectivity index is 1.55. The third-order valence-electron chi connectivity index (χ3n) is 4.62. The van der Waals surface area contributed by atoms with Crippen molar-refractivity contribution in [2.24, 2.45) is 0 Å². The zero-order valence-electron chi connectivity index (χ0n) is 11.4. The van der Waals surface area contributed by atoms with E-state index in [-0.39, 0.29) is 0 Å². The van der Waals surface area contributed by atoms with Crippen molar-refractivity contribution in [3.63, 3.8) is 0 Å². The number of aromatic nitrogens is 1. The molecule has 3 nitrogen and oxygen atoms in total. The summed E-state index contributed by atoms with van der Waals surface area (Å²) in [5, 5.41) is 3.70. The molecule has 2 unspecified atom stereocenters. The molecule has 0 aromatic carbocycles. The number of nitrogens with zero attached hydrogens (tertiary/aromatic N) is 2. The largest absolute Gasteiger partial charge is 0.308 e. The molecule has 2 aliphatic rings. The molecule has 2 bridgehead atoms. The van der Waals surface area contributed by atoms with Gasteiger partial charge in [-0.2, -0.15) is 0 Å². The van der Waals surface area contributed by atoms with E-state index >= 15 is 0 Å². The Bertz CT molecular complexity index is 404. The average Bonchev–Trinajstić information content (AvgIpc) is 2.60. The predicted octanol–water partition coefficient (Wildman–Crippen LogP) is 2.10. The number of hydrogen-bond acceptors (Lipinski definition) is 3. The molecule has 3 rings (SSSR count). The molecule has 0 saturated carbocycles. The van der Waals surface area contributed by atoms with Crippen LogP contribution in [-0.2, 0) is 6.54 Å². The van der Waals surface area contributed by atoms with E-state index in [1.54, 1.807) is 0 Å². The maximum atomic E-state index is 4.55. The van der Waals surface area contributed by atoms with Gasteiger partial charge in [0.25, 0.3) is 0 Å². The first-order chi connectivity index (χ1) is 8.72. The molecule has 18 heavy (non-hydrogen) atoms. The Morgan fingerprint density at radius 3 is 2.67 bits per heavy atom.